The summed E-state index contributed by atoms with van der Waals surface area (Å²) in [6.07, 6.45) is 4.37. The van der Waals surface area contributed by atoms with Crippen LogP contribution in [-0.2, 0) is 16.0 Å². The molecule has 0 amide bonds. The van der Waals surface area contributed by atoms with E-state index in [4.69, 9.17) is 4.74 Å². The van der Waals surface area contributed by atoms with Crippen molar-refractivity contribution in [3.05, 3.63) is 66.0 Å². The number of benzene rings is 1. The lowest BCUT2D eigenvalue weighted by molar-refractivity contribution is -0.142. The van der Waals surface area contributed by atoms with Crippen molar-refractivity contribution in [3.8, 4) is 0 Å². The summed E-state index contributed by atoms with van der Waals surface area (Å²) in [7, 11) is 0. The first-order valence-corrected chi connectivity index (χ1v) is 7.86. The summed E-state index contributed by atoms with van der Waals surface area (Å²) < 4.78 is 5.44. The van der Waals surface area contributed by atoms with E-state index in [0.717, 1.165) is 12.0 Å². The molecule has 2 atom stereocenters. The predicted molar refractivity (Wildman–Crippen MR) is 85.9 cm³/mol. The second-order valence-electron chi connectivity index (χ2n) is 4.86. The molecule has 1 aromatic heterocycles. The molecule has 4 heteroatoms. The molecule has 1 aromatic carbocycles. The summed E-state index contributed by atoms with van der Waals surface area (Å²) in [5.74, 6) is -0.267. The number of hydrogen-bond donors (Lipinski definition) is 0. The SMILES string of the molecule is CC(=O)OC(SC(C)Cc1ccccc1)c1ccncc1. The van der Waals surface area contributed by atoms with Crippen LogP contribution in [-0.4, -0.2) is 16.2 Å². The molecule has 0 aliphatic rings. The smallest absolute Gasteiger partial charge is 0.304 e. The first kappa shape index (κ1) is 15.6. The fraction of sp³-hybridized carbons (Fsp3) is 0.294. The first-order chi connectivity index (χ1) is 10.1. The molecule has 0 bridgehead atoms. The molecule has 2 unspecified atom stereocenters. The van der Waals surface area contributed by atoms with Crippen molar-refractivity contribution in [1.82, 2.24) is 4.98 Å². The maximum Gasteiger partial charge on any atom is 0.304 e. The second-order valence-corrected chi connectivity index (χ2v) is 6.36. The first-order valence-electron chi connectivity index (χ1n) is 6.91. The van der Waals surface area contributed by atoms with Crippen molar-refractivity contribution >= 4 is 17.7 Å². The fourth-order valence-corrected chi connectivity index (χ4v) is 3.27. The highest BCUT2D eigenvalue weighted by atomic mass is 32.2. The minimum absolute atomic E-state index is 0.267. The Morgan fingerprint density at radius 1 is 1.19 bits per heavy atom. The third kappa shape index (κ3) is 5.23. The normalized spacial score (nSPS) is 13.4. The lowest BCUT2D eigenvalue weighted by atomic mass is 10.1. The van der Waals surface area contributed by atoms with E-state index in [1.54, 1.807) is 24.2 Å². The Morgan fingerprint density at radius 2 is 1.86 bits per heavy atom. The van der Waals surface area contributed by atoms with Gasteiger partial charge in [-0.1, -0.05) is 37.3 Å². The lowest BCUT2D eigenvalue weighted by Crippen LogP contribution is -2.11. The van der Waals surface area contributed by atoms with Gasteiger partial charge in [0.25, 0.3) is 0 Å². The molecule has 1 heterocycles. The highest BCUT2D eigenvalue weighted by Crippen LogP contribution is 2.34. The minimum atomic E-state index is -0.288. The molecule has 0 saturated heterocycles. The number of rotatable bonds is 6. The number of pyridine rings is 1. The standard InChI is InChI=1S/C17H19NO2S/c1-13(12-15-6-4-3-5-7-15)21-17(20-14(2)19)16-8-10-18-11-9-16/h3-11,13,17H,12H2,1-2H3. The van der Waals surface area contributed by atoms with Crippen LogP contribution >= 0.6 is 11.8 Å². The van der Waals surface area contributed by atoms with Crippen molar-refractivity contribution in [2.45, 2.75) is 31.0 Å². The zero-order valence-electron chi connectivity index (χ0n) is 12.2. The number of thioether (sulfide) groups is 1. The van der Waals surface area contributed by atoms with Crippen LogP contribution in [0, 0.1) is 0 Å². The largest absolute Gasteiger partial charge is 0.446 e. The van der Waals surface area contributed by atoms with Crippen molar-refractivity contribution in [2.24, 2.45) is 0 Å². The van der Waals surface area contributed by atoms with E-state index >= 15 is 0 Å². The average Bonchev–Trinajstić information content (AvgIpc) is 2.48. The minimum Gasteiger partial charge on any atom is -0.446 e. The molecule has 0 aliphatic carbocycles. The molecule has 0 aliphatic heterocycles. The number of carbonyl (C=O) groups is 1. The lowest BCUT2D eigenvalue weighted by Gasteiger charge is -2.21. The van der Waals surface area contributed by atoms with Gasteiger partial charge in [-0.15, -0.1) is 11.8 Å². The van der Waals surface area contributed by atoms with Crippen LogP contribution in [0.3, 0.4) is 0 Å². The van der Waals surface area contributed by atoms with Gasteiger partial charge in [0, 0.05) is 30.1 Å². The zero-order valence-corrected chi connectivity index (χ0v) is 13.0. The van der Waals surface area contributed by atoms with E-state index in [-0.39, 0.29) is 11.4 Å². The van der Waals surface area contributed by atoms with Gasteiger partial charge in [0.2, 0.25) is 0 Å². The van der Waals surface area contributed by atoms with Crippen molar-refractivity contribution in [3.63, 3.8) is 0 Å². The topological polar surface area (TPSA) is 39.2 Å². The van der Waals surface area contributed by atoms with Gasteiger partial charge in [-0.25, -0.2) is 0 Å². The van der Waals surface area contributed by atoms with Gasteiger partial charge >= 0.3 is 5.97 Å². The Kier molecular flexibility index (Phi) is 5.81. The van der Waals surface area contributed by atoms with Gasteiger partial charge in [0.1, 0.15) is 0 Å². The monoisotopic (exact) mass is 301 g/mol. The van der Waals surface area contributed by atoms with Crippen molar-refractivity contribution in [1.29, 1.82) is 0 Å². The van der Waals surface area contributed by atoms with Gasteiger partial charge in [-0.2, -0.15) is 0 Å². The van der Waals surface area contributed by atoms with E-state index in [2.05, 4.69) is 24.0 Å². The number of aromatic nitrogens is 1. The Balaban J connectivity index is 2.03. The van der Waals surface area contributed by atoms with Crippen LogP contribution in [0.2, 0.25) is 0 Å². The maximum absolute atomic E-state index is 11.3. The Hall–Kier alpha value is -1.81. The zero-order chi connectivity index (χ0) is 15.1. The summed E-state index contributed by atoms with van der Waals surface area (Å²) in [5.41, 5.74) is 1.96. The Morgan fingerprint density at radius 3 is 2.48 bits per heavy atom. The third-order valence-corrected chi connectivity index (χ3v) is 4.22. The Bertz CT molecular complexity index is 560. The number of esters is 1. The van der Waals surface area contributed by atoms with Gasteiger partial charge in [-0.05, 0) is 24.1 Å². The summed E-state index contributed by atoms with van der Waals surface area (Å²) in [4.78, 5) is 15.3. The van der Waals surface area contributed by atoms with Gasteiger partial charge in [-0.3, -0.25) is 9.78 Å². The van der Waals surface area contributed by atoms with Crippen LogP contribution < -0.4 is 0 Å². The third-order valence-electron chi connectivity index (χ3n) is 2.97. The molecule has 21 heavy (non-hydrogen) atoms. The molecule has 0 spiro atoms. The molecule has 2 aromatic rings. The van der Waals surface area contributed by atoms with E-state index in [1.165, 1.54) is 12.5 Å². The molecule has 2 rings (SSSR count). The number of hydrogen-bond acceptors (Lipinski definition) is 4. The van der Waals surface area contributed by atoms with Crippen LogP contribution in [0.4, 0.5) is 0 Å². The van der Waals surface area contributed by atoms with E-state index in [1.807, 2.05) is 30.3 Å². The molecule has 0 radical (unpaired) electrons. The van der Waals surface area contributed by atoms with Gasteiger partial charge in [0.15, 0.2) is 5.44 Å². The molecule has 0 fully saturated rings. The second kappa shape index (κ2) is 7.84. The molecule has 3 nitrogen and oxygen atoms in total. The quantitative estimate of drug-likeness (QED) is 0.597. The molecule has 110 valence electrons. The number of nitrogens with zero attached hydrogens (tertiary/aromatic N) is 1. The molecular formula is C17H19NO2S. The molecular weight excluding hydrogens is 282 g/mol. The van der Waals surface area contributed by atoms with Crippen LogP contribution in [0.25, 0.3) is 0 Å². The molecule has 0 N–H and O–H groups in total. The van der Waals surface area contributed by atoms with Crippen molar-refractivity contribution in [2.75, 3.05) is 0 Å². The summed E-state index contributed by atoms with van der Waals surface area (Å²) >= 11 is 1.65. The van der Waals surface area contributed by atoms with Crippen molar-refractivity contribution < 1.29 is 9.53 Å². The summed E-state index contributed by atoms with van der Waals surface area (Å²) in [6, 6.07) is 14.1. The van der Waals surface area contributed by atoms with E-state index in [9.17, 15) is 4.79 Å². The van der Waals surface area contributed by atoms with Crippen LogP contribution in [0.1, 0.15) is 30.4 Å². The van der Waals surface area contributed by atoms with Gasteiger partial charge < -0.3 is 4.74 Å². The molecule has 0 saturated carbocycles. The maximum atomic E-state index is 11.3. The highest BCUT2D eigenvalue weighted by molar-refractivity contribution is 8.00. The average molecular weight is 301 g/mol. The van der Waals surface area contributed by atoms with Gasteiger partial charge in [0.05, 0.1) is 0 Å². The number of ether oxygens (including phenoxy) is 1. The number of carbonyl (C=O) groups excluding carboxylic acids is 1. The van der Waals surface area contributed by atoms with E-state index in [0.29, 0.717) is 5.25 Å². The Labute approximate surface area is 129 Å². The van der Waals surface area contributed by atoms with Crippen LogP contribution in [0.5, 0.6) is 0 Å². The summed E-state index contributed by atoms with van der Waals surface area (Å²) in [5, 5.41) is 0.338. The predicted octanol–water partition coefficient (Wildman–Crippen LogP) is 4.01. The van der Waals surface area contributed by atoms with E-state index < -0.39 is 0 Å². The van der Waals surface area contributed by atoms with Crippen LogP contribution in [0.15, 0.2) is 54.9 Å². The highest BCUT2D eigenvalue weighted by Gasteiger charge is 2.19. The summed E-state index contributed by atoms with van der Waals surface area (Å²) in [6.45, 7) is 3.59. The fourth-order valence-electron chi connectivity index (χ4n) is 2.05.